The van der Waals surface area contributed by atoms with Crippen molar-refractivity contribution >= 4 is 23.6 Å². The van der Waals surface area contributed by atoms with E-state index in [1.54, 1.807) is 11.8 Å². The summed E-state index contributed by atoms with van der Waals surface area (Å²) in [6, 6.07) is -1.18. The smallest absolute Gasteiger partial charge is 0.328 e. The van der Waals surface area contributed by atoms with Gasteiger partial charge in [-0.25, -0.2) is 4.79 Å². The minimum absolute atomic E-state index is 0.289. The second-order valence-electron chi connectivity index (χ2n) is 4.60. The lowest BCUT2D eigenvalue weighted by Crippen LogP contribution is -2.49. The molecular weight excluding hydrogens is 252 g/mol. The van der Waals surface area contributed by atoms with E-state index < -0.39 is 18.1 Å². The van der Waals surface area contributed by atoms with Crippen LogP contribution in [0.25, 0.3) is 0 Å². The van der Waals surface area contributed by atoms with Gasteiger partial charge in [-0.15, -0.1) is 0 Å². The predicted octanol–water partition coefficient (Wildman–Crippen LogP) is 0.771. The Morgan fingerprint density at radius 1 is 1.39 bits per heavy atom. The highest BCUT2D eigenvalue weighted by Crippen LogP contribution is 2.07. The highest BCUT2D eigenvalue weighted by molar-refractivity contribution is 7.98. The standard InChI is InChI=1S/C12H24N2O3S/c1-8(2)7-10(12(16)17-3)14-11(15)9(13)5-6-18-4/h8-10H,5-7,13H2,1-4H3,(H,14,15)/t9-,10+/m1/s1. The molecule has 0 aromatic carbocycles. The molecular formula is C12H24N2O3S. The molecule has 106 valence electrons. The molecule has 0 heterocycles. The maximum absolute atomic E-state index is 11.8. The molecule has 1 amide bonds. The molecule has 6 heteroatoms. The molecule has 0 spiro atoms. The Kier molecular flexibility index (Phi) is 8.83. The van der Waals surface area contributed by atoms with Crippen molar-refractivity contribution in [3.05, 3.63) is 0 Å². The fourth-order valence-electron chi connectivity index (χ4n) is 1.48. The van der Waals surface area contributed by atoms with Gasteiger partial charge in [-0.05, 0) is 30.8 Å². The van der Waals surface area contributed by atoms with Crippen molar-refractivity contribution in [1.82, 2.24) is 5.32 Å². The Labute approximate surface area is 113 Å². The first-order valence-corrected chi connectivity index (χ1v) is 7.44. The van der Waals surface area contributed by atoms with Gasteiger partial charge in [-0.1, -0.05) is 13.8 Å². The molecule has 0 aromatic rings. The molecule has 0 aliphatic heterocycles. The molecule has 0 saturated heterocycles. The molecule has 0 aromatic heterocycles. The summed E-state index contributed by atoms with van der Waals surface area (Å²) in [5.41, 5.74) is 5.75. The molecule has 0 aliphatic rings. The molecule has 0 saturated carbocycles. The molecule has 2 atom stereocenters. The first kappa shape index (κ1) is 17.2. The monoisotopic (exact) mass is 276 g/mol. The van der Waals surface area contributed by atoms with Gasteiger partial charge in [0.15, 0.2) is 0 Å². The van der Waals surface area contributed by atoms with E-state index in [-0.39, 0.29) is 11.8 Å². The summed E-state index contributed by atoms with van der Waals surface area (Å²) in [6.07, 6.45) is 3.11. The van der Waals surface area contributed by atoms with Crippen molar-refractivity contribution in [2.75, 3.05) is 19.1 Å². The van der Waals surface area contributed by atoms with Crippen LogP contribution >= 0.6 is 11.8 Å². The van der Waals surface area contributed by atoms with Crippen molar-refractivity contribution < 1.29 is 14.3 Å². The minimum atomic E-state index is -0.608. The number of esters is 1. The minimum Gasteiger partial charge on any atom is -0.467 e. The van der Waals surface area contributed by atoms with Crippen LogP contribution < -0.4 is 11.1 Å². The van der Waals surface area contributed by atoms with Crippen LogP contribution in [-0.2, 0) is 14.3 Å². The van der Waals surface area contributed by atoms with Crippen molar-refractivity contribution in [1.29, 1.82) is 0 Å². The maximum Gasteiger partial charge on any atom is 0.328 e. The van der Waals surface area contributed by atoms with E-state index in [0.717, 1.165) is 5.75 Å². The van der Waals surface area contributed by atoms with Gasteiger partial charge in [-0.3, -0.25) is 4.79 Å². The Balaban J connectivity index is 4.38. The van der Waals surface area contributed by atoms with Crippen LogP contribution in [0.1, 0.15) is 26.7 Å². The molecule has 0 aliphatic carbocycles. The van der Waals surface area contributed by atoms with E-state index in [0.29, 0.717) is 12.8 Å². The molecule has 0 radical (unpaired) electrons. The van der Waals surface area contributed by atoms with Crippen LogP contribution in [0.15, 0.2) is 0 Å². The number of carbonyl (C=O) groups excluding carboxylic acids is 2. The van der Waals surface area contributed by atoms with Gasteiger partial charge in [0.25, 0.3) is 0 Å². The Bertz CT molecular complexity index is 272. The number of hydrogen-bond donors (Lipinski definition) is 2. The highest BCUT2D eigenvalue weighted by Gasteiger charge is 2.24. The average Bonchev–Trinajstić information content (AvgIpc) is 2.33. The van der Waals surface area contributed by atoms with E-state index in [9.17, 15) is 9.59 Å². The number of ether oxygens (including phenoxy) is 1. The molecule has 0 rings (SSSR count). The van der Waals surface area contributed by atoms with Gasteiger partial charge in [-0.2, -0.15) is 11.8 Å². The first-order chi connectivity index (χ1) is 8.42. The van der Waals surface area contributed by atoms with Gasteiger partial charge < -0.3 is 15.8 Å². The van der Waals surface area contributed by atoms with Crippen molar-refractivity contribution in [2.24, 2.45) is 11.7 Å². The molecule has 3 N–H and O–H groups in total. The van der Waals surface area contributed by atoms with Gasteiger partial charge in [0, 0.05) is 0 Å². The summed E-state index contributed by atoms with van der Waals surface area (Å²) in [4.78, 5) is 23.3. The zero-order chi connectivity index (χ0) is 14.1. The Morgan fingerprint density at radius 3 is 2.44 bits per heavy atom. The summed E-state index contributed by atoms with van der Waals surface area (Å²) >= 11 is 1.64. The largest absolute Gasteiger partial charge is 0.467 e. The van der Waals surface area contributed by atoms with Gasteiger partial charge in [0.05, 0.1) is 13.2 Å². The van der Waals surface area contributed by atoms with Crippen LogP contribution in [0.4, 0.5) is 0 Å². The van der Waals surface area contributed by atoms with Crippen LogP contribution in [0.5, 0.6) is 0 Å². The number of rotatable bonds is 8. The second-order valence-corrected chi connectivity index (χ2v) is 5.59. The fraction of sp³-hybridized carbons (Fsp3) is 0.833. The molecule has 0 bridgehead atoms. The second kappa shape index (κ2) is 9.22. The predicted molar refractivity (Wildman–Crippen MR) is 74.4 cm³/mol. The number of nitrogens with two attached hydrogens (primary N) is 1. The van der Waals surface area contributed by atoms with Gasteiger partial charge in [0.2, 0.25) is 5.91 Å². The quantitative estimate of drug-likeness (QED) is 0.640. The molecule has 0 fully saturated rings. The number of thioether (sulfide) groups is 1. The Morgan fingerprint density at radius 2 is 2.00 bits per heavy atom. The van der Waals surface area contributed by atoms with E-state index >= 15 is 0 Å². The van der Waals surface area contributed by atoms with Crippen LogP contribution in [0.2, 0.25) is 0 Å². The topological polar surface area (TPSA) is 81.4 Å². The number of carbonyl (C=O) groups is 2. The SMILES string of the molecule is COC(=O)[C@H](CC(C)C)NC(=O)[C@H](N)CCSC. The van der Waals surface area contributed by atoms with Crippen molar-refractivity contribution in [3.8, 4) is 0 Å². The van der Waals surface area contributed by atoms with E-state index in [1.807, 2.05) is 20.1 Å². The zero-order valence-electron chi connectivity index (χ0n) is 11.6. The summed E-state index contributed by atoms with van der Waals surface area (Å²) in [6.45, 7) is 3.96. The summed E-state index contributed by atoms with van der Waals surface area (Å²) < 4.78 is 4.68. The summed E-state index contributed by atoms with van der Waals surface area (Å²) in [5, 5.41) is 2.66. The van der Waals surface area contributed by atoms with Crippen LogP contribution in [0.3, 0.4) is 0 Å². The average molecular weight is 276 g/mol. The van der Waals surface area contributed by atoms with Gasteiger partial charge in [0.1, 0.15) is 6.04 Å². The molecule has 0 unspecified atom stereocenters. The van der Waals surface area contributed by atoms with E-state index in [4.69, 9.17) is 5.73 Å². The third kappa shape index (κ3) is 6.86. The summed E-state index contributed by atoms with van der Waals surface area (Å²) in [7, 11) is 1.31. The van der Waals surface area contributed by atoms with Gasteiger partial charge >= 0.3 is 5.97 Å². The lowest BCUT2D eigenvalue weighted by molar-refractivity contribution is -0.145. The van der Waals surface area contributed by atoms with E-state index in [2.05, 4.69) is 10.1 Å². The molecule has 5 nitrogen and oxygen atoms in total. The number of methoxy groups -OCH3 is 1. The van der Waals surface area contributed by atoms with Crippen molar-refractivity contribution in [2.45, 2.75) is 38.8 Å². The van der Waals surface area contributed by atoms with Crippen LogP contribution in [0, 0.1) is 5.92 Å². The summed E-state index contributed by atoms with van der Waals surface area (Å²) in [5.74, 6) is 0.396. The Hall–Kier alpha value is -0.750. The maximum atomic E-state index is 11.8. The normalized spacial score (nSPS) is 14.1. The number of amides is 1. The highest BCUT2D eigenvalue weighted by atomic mass is 32.2. The van der Waals surface area contributed by atoms with E-state index in [1.165, 1.54) is 7.11 Å². The lowest BCUT2D eigenvalue weighted by atomic mass is 10.0. The third-order valence-electron chi connectivity index (χ3n) is 2.48. The lowest BCUT2D eigenvalue weighted by Gasteiger charge is -2.20. The zero-order valence-corrected chi connectivity index (χ0v) is 12.4. The number of nitrogens with one attached hydrogen (secondary N) is 1. The van der Waals surface area contributed by atoms with Crippen LogP contribution in [-0.4, -0.2) is 43.1 Å². The number of hydrogen-bond acceptors (Lipinski definition) is 5. The molecule has 18 heavy (non-hydrogen) atoms. The fourth-order valence-corrected chi connectivity index (χ4v) is 1.97. The van der Waals surface area contributed by atoms with Crippen molar-refractivity contribution in [3.63, 3.8) is 0 Å². The first-order valence-electron chi connectivity index (χ1n) is 6.05. The third-order valence-corrected chi connectivity index (χ3v) is 3.12.